The highest BCUT2D eigenvalue weighted by Gasteiger charge is 2.31. The molecule has 5 rings (SSSR count). The minimum atomic E-state index is -0.220. The van der Waals surface area contributed by atoms with E-state index in [9.17, 15) is 4.79 Å². The van der Waals surface area contributed by atoms with Gasteiger partial charge in [-0.2, -0.15) is 0 Å². The normalized spacial score (nSPS) is 15.0. The third-order valence-corrected chi connectivity index (χ3v) is 8.79. The van der Waals surface area contributed by atoms with Crippen LogP contribution in [0.5, 0.6) is 0 Å². The second kappa shape index (κ2) is 9.85. The Labute approximate surface area is 211 Å². The van der Waals surface area contributed by atoms with Crippen molar-refractivity contribution in [1.82, 2.24) is 24.9 Å². The molecule has 0 bridgehead atoms. The van der Waals surface area contributed by atoms with E-state index in [4.69, 9.17) is 9.72 Å². The Balaban J connectivity index is 1.44. The molecule has 178 valence electrons. The summed E-state index contributed by atoms with van der Waals surface area (Å²) in [6.07, 6.45) is 1.86. The summed E-state index contributed by atoms with van der Waals surface area (Å²) in [7, 11) is 0. The molecule has 0 spiro atoms. The van der Waals surface area contributed by atoms with E-state index in [0.29, 0.717) is 18.3 Å². The largest absolute Gasteiger partial charge is 0.370 e. The molecule has 1 aromatic carbocycles. The lowest BCUT2D eigenvalue weighted by Crippen LogP contribution is -2.31. The zero-order valence-corrected chi connectivity index (χ0v) is 21.9. The van der Waals surface area contributed by atoms with Crippen molar-refractivity contribution in [1.29, 1.82) is 0 Å². The van der Waals surface area contributed by atoms with Gasteiger partial charge in [0, 0.05) is 23.6 Å². The number of nitrogens with zero attached hydrogens (tertiary/aromatic N) is 4. The number of nitrogens with one attached hydrogen (secondary N) is 1. The first kappa shape index (κ1) is 23.6. The van der Waals surface area contributed by atoms with Gasteiger partial charge >= 0.3 is 0 Å². The first-order valence-electron chi connectivity index (χ1n) is 11.3. The molecule has 0 fully saturated rings. The number of thiophene rings is 1. The Morgan fingerprint density at radius 1 is 1.21 bits per heavy atom. The minimum absolute atomic E-state index is 0.0331. The van der Waals surface area contributed by atoms with Gasteiger partial charge in [-0.15, -0.1) is 21.5 Å². The van der Waals surface area contributed by atoms with Gasteiger partial charge in [0.15, 0.2) is 16.0 Å². The van der Waals surface area contributed by atoms with Crippen molar-refractivity contribution in [3.63, 3.8) is 0 Å². The second-order valence-electron chi connectivity index (χ2n) is 8.84. The van der Waals surface area contributed by atoms with Crippen LogP contribution in [0.4, 0.5) is 0 Å². The number of amides is 1. The zero-order chi connectivity index (χ0) is 23.7. The van der Waals surface area contributed by atoms with E-state index in [2.05, 4.69) is 36.3 Å². The third-order valence-electron chi connectivity index (χ3n) is 5.61. The molecule has 1 N–H and O–H groups in total. The van der Waals surface area contributed by atoms with Gasteiger partial charge in [-0.05, 0) is 31.4 Å². The van der Waals surface area contributed by atoms with Crippen LogP contribution in [-0.4, -0.2) is 42.6 Å². The van der Waals surface area contributed by atoms with E-state index in [1.807, 2.05) is 34.7 Å². The van der Waals surface area contributed by atoms with Crippen molar-refractivity contribution in [3.8, 4) is 0 Å². The summed E-state index contributed by atoms with van der Waals surface area (Å²) in [6, 6.07) is 9.91. The minimum Gasteiger partial charge on any atom is -0.370 e. The molecule has 34 heavy (non-hydrogen) atoms. The number of benzene rings is 1. The number of hydrogen-bond acceptors (Lipinski definition) is 8. The molecule has 0 aliphatic carbocycles. The monoisotopic (exact) mass is 513 g/mol. The standard InChI is InChI=1S/C24H27N5O2S3/c1-4-10-32-22-26-21-19(16-11-24(2,3)31-13-17(16)34-21)20-27-28-23(29(20)22)33-14-18(30)25-12-15-8-6-5-7-9-15/h5-9H,4,10-14H2,1-3H3,(H,25,30). The molecule has 0 atom stereocenters. The van der Waals surface area contributed by atoms with E-state index in [1.54, 1.807) is 23.1 Å². The molecule has 4 aromatic rings. The fourth-order valence-electron chi connectivity index (χ4n) is 3.95. The number of rotatable bonds is 8. The molecule has 7 nitrogen and oxygen atoms in total. The number of hydrogen-bond donors (Lipinski definition) is 1. The zero-order valence-electron chi connectivity index (χ0n) is 19.5. The second-order valence-corrected chi connectivity index (χ2v) is 11.9. The number of carbonyl (C=O) groups excluding carboxylic acids is 1. The van der Waals surface area contributed by atoms with E-state index < -0.39 is 0 Å². The average molecular weight is 514 g/mol. The van der Waals surface area contributed by atoms with Gasteiger partial charge in [0.05, 0.1) is 23.3 Å². The Morgan fingerprint density at radius 3 is 2.82 bits per heavy atom. The quantitative estimate of drug-likeness (QED) is 0.259. The Kier molecular flexibility index (Phi) is 6.83. The van der Waals surface area contributed by atoms with Crippen LogP contribution in [0.25, 0.3) is 15.9 Å². The molecule has 1 aliphatic rings. The van der Waals surface area contributed by atoms with Gasteiger partial charge in [0.2, 0.25) is 5.91 Å². The van der Waals surface area contributed by atoms with Crippen LogP contribution >= 0.6 is 34.9 Å². The fourth-order valence-corrected chi connectivity index (χ4v) is 6.77. The Morgan fingerprint density at radius 2 is 2.03 bits per heavy atom. The van der Waals surface area contributed by atoms with E-state index >= 15 is 0 Å². The lowest BCUT2D eigenvalue weighted by molar-refractivity contribution is -0.118. The summed E-state index contributed by atoms with van der Waals surface area (Å²) in [5.74, 6) is 1.19. The number of thioether (sulfide) groups is 2. The molecule has 1 aliphatic heterocycles. The van der Waals surface area contributed by atoms with Crippen LogP contribution in [0.15, 0.2) is 40.6 Å². The van der Waals surface area contributed by atoms with Gasteiger partial charge in [0.1, 0.15) is 4.83 Å². The van der Waals surface area contributed by atoms with Crippen LogP contribution in [0.2, 0.25) is 0 Å². The topological polar surface area (TPSA) is 81.4 Å². The van der Waals surface area contributed by atoms with Crippen molar-refractivity contribution < 1.29 is 9.53 Å². The molecule has 0 saturated heterocycles. The predicted octanol–water partition coefficient (Wildman–Crippen LogP) is 5.10. The molecule has 10 heteroatoms. The van der Waals surface area contributed by atoms with E-state index in [1.165, 1.54) is 22.2 Å². The van der Waals surface area contributed by atoms with Crippen molar-refractivity contribution in [2.45, 2.75) is 62.7 Å². The maximum Gasteiger partial charge on any atom is 0.230 e. The van der Waals surface area contributed by atoms with E-state index in [0.717, 1.165) is 45.2 Å². The summed E-state index contributed by atoms with van der Waals surface area (Å²) < 4.78 is 8.07. The Bertz CT molecular complexity index is 1330. The van der Waals surface area contributed by atoms with Crippen LogP contribution in [0.1, 0.15) is 43.2 Å². The van der Waals surface area contributed by atoms with Crippen molar-refractivity contribution in [2.24, 2.45) is 0 Å². The molecular weight excluding hydrogens is 486 g/mol. The summed E-state index contributed by atoms with van der Waals surface area (Å²) in [5.41, 5.74) is 2.95. The highest BCUT2D eigenvalue weighted by Crippen LogP contribution is 2.41. The summed E-state index contributed by atoms with van der Waals surface area (Å²) >= 11 is 4.80. The molecule has 0 saturated carbocycles. The van der Waals surface area contributed by atoms with Gasteiger partial charge in [0.25, 0.3) is 0 Å². The first-order valence-corrected chi connectivity index (χ1v) is 14.1. The highest BCUT2D eigenvalue weighted by atomic mass is 32.2. The van der Waals surface area contributed by atoms with Gasteiger partial charge in [-0.25, -0.2) is 9.38 Å². The summed E-state index contributed by atoms with van der Waals surface area (Å²) in [6.45, 7) is 7.51. The smallest absolute Gasteiger partial charge is 0.230 e. The number of aromatic nitrogens is 4. The van der Waals surface area contributed by atoms with E-state index in [-0.39, 0.29) is 17.3 Å². The molecule has 3 aromatic heterocycles. The molecule has 0 radical (unpaired) electrons. The van der Waals surface area contributed by atoms with Crippen LogP contribution in [-0.2, 0) is 29.1 Å². The van der Waals surface area contributed by atoms with Gasteiger partial charge in [-0.3, -0.25) is 4.79 Å². The summed E-state index contributed by atoms with van der Waals surface area (Å²) in [4.78, 5) is 19.7. The highest BCUT2D eigenvalue weighted by molar-refractivity contribution is 8.00. The number of carbonyl (C=O) groups is 1. The van der Waals surface area contributed by atoms with Crippen molar-refractivity contribution >= 4 is 56.6 Å². The van der Waals surface area contributed by atoms with Crippen molar-refractivity contribution in [3.05, 3.63) is 46.3 Å². The number of fused-ring (bicyclic) bond motifs is 5. The first-order chi connectivity index (χ1) is 16.4. The molecular formula is C24H27N5O2S3. The average Bonchev–Trinajstić information content (AvgIpc) is 3.40. The fraction of sp³-hybridized carbons (Fsp3) is 0.417. The lowest BCUT2D eigenvalue weighted by atomic mass is 9.94. The van der Waals surface area contributed by atoms with Gasteiger partial charge < -0.3 is 10.1 Å². The lowest BCUT2D eigenvalue weighted by Gasteiger charge is -2.30. The molecule has 1 amide bonds. The molecule has 0 unspecified atom stereocenters. The maximum atomic E-state index is 12.5. The van der Waals surface area contributed by atoms with Gasteiger partial charge in [-0.1, -0.05) is 60.8 Å². The van der Waals surface area contributed by atoms with Crippen LogP contribution < -0.4 is 5.32 Å². The SMILES string of the molecule is CCCSc1nc2sc3c(c2c2nnc(SCC(=O)NCc4ccccc4)n12)CC(C)(C)OC3. The molecule has 4 heterocycles. The van der Waals surface area contributed by atoms with Crippen molar-refractivity contribution in [2.75, 3.05) is 11.5 Å². The maximum absolute atomic E-state index is 12.5. The predicted molar refractivity (Wildman–Crippen MR) is 139 cm³/mol. The number of ether oxygens (including phenoxy) is 1. The van der Waals surface area contributed by atoms with Crippen LogP contribution in [0.3, 0.4) is 0 Å². The van der Waals surface area contributed by atoms with Crippen LogP contribution in [0, 0.1) is 0 Å². The third kappa shape index (κ3) is 4.82. The Hall–Kier alpha value is -2.14. The summed E-state index contributed by atoms with van der Waals surface area (Å²) in [5, 5.41) is 14.7.